The van der Waals surface area contributed by atoms with Crippen molar-refractivity contribution in [2.45, 2.75) is 37.8 Å². The molecular weight excluding hydrogens is 229 g/mol. The van der Waals surface area contributed by atoms with E-state index in [1.807, 2.05) is 0 Å². The van der Waals surface area contributed by atoms with Gasteiger partial charge in [-0.2, -0.15) is 0 Å². The van der Waals surface area contributed by atoms with Gasteiger partial charge >= 0.3 is 0 Å². The van der Waals surface area contributed by atoms with Crippen molar-refractivity contribution >= 4 is 0 Å². The summed E-state index contributed by atoms with van der Waals surface area (Å²) < 4.78 is 19.2. The fourth-order valence-electron chi connectivity index (χ4n) is 2.95. The molecule has 1 aliphatic carbocycles. The van der Waals surface area contributed by atoms with Gasteiger partial charge in [-0.1, -0.05) is 12.2 Å². The second-order valence-corrected chi connectivity index (χ2v) is 5.23. The van der Waals surface area contributed by atoms with Crippen molar-refractivity contribution in [3.05, 3.63) is 41.7 Å². The summed E-state index contributed by atoms with van der Waals surface area (Å²) >= 11 is 0. The number of nitrogens with two attached hydrogens (primary N) is 1. The second kappa shape index (κ2) is 4.73. The summed E-state index contributed by atoms with van der Waals surface area (Å²) in [6.45, 7) is 0. The molecule has 1 aromatic rings. The zero-order chi connectivity index (χ0) is 12.5. The third-order valence-electron chi connectivity index (χ3n) is 3.97. The normalized spacial score (nSPS) is 30.7. The molecule has 96 valence electrons. The topological polar surface area (TPSA) is 35.2 Å². The van der Waals surface area contributed by atoms with Crippen molar-refractivity contribution in [3.8, 4) is 5.75 Å². The smallest absolute Gasteiger partial charge is 0.124 e. The Balaban J connectivity index is 1.82. The van der Waals surface area contributed by atoms with Crippen LogP contribution in [0.4, 0.5) is 4.39 Å². The number of hydrogen-bond acceptors (Lipinski definition) is 2. The molecule has 3 atom stereocenters. The third kappa shape index (κ3) is 2.15. The van der Waals surface area contributed by atoms with Crippen molar-refractivity contribution in [3.63, 3.8) is 0 Å². The molecule has 0 spiro atoms. The summed E-state index contributed by atoms with van der Waals surface area (Å²) in [4.78, 5) is 0. The Bertz CT molecular complexity index is 472. The first-order valence-corrected chi connectivity index (χ1v) is 6.61. The maximum Gasteiger partial charge on any atom is 0.124 e. The summed E-state index contributed by atoms with van der Waals surface area (Å²) in [5.74, 6) is 1.06. The minimum absolute atomic E-state index is 0.111. The van der Waals surface area contributed by atoms with Gasteiger partial charge in [-0.25, -0.2) is 4.39 Å². The minimum Gasteiger partial charge on any atom is -0.490 e. The Hall–Kier alpha value is -1.35. The first-order valence-electron chi connectivity index (χ1n) is 6.61. The Morgan fingerprint density at radius 1 is 1.28 bits per heavy atom. The van der Waals surface area contributed by atoms with E-state index in [1.54, 1.807) is 6.07 Å². The Morgan fingerprint density at radius 3 is 2.94 bits per heavy atom. The molecule has 2 unspecified atom stereocenters. The highest BCUT2D eigenvalue weighted by Crippen LogP contribution is 2.38. The first kappa shape index (κ1) is 11.7. The molecule has 2 aliphatic rings. The lowest BCUT2D eigenvalue weighted by Crippen LogP contribution is -2.35. The quantitative estimate of drug-likeness (QED) is 0.772. The SMILES string of the molecule is N[C@@H]1CC(C2CC=CCC2)Oc2ccc(F)cc21. The van der Waals surface area contributed by atoms with Gasteiger partial charge in [0.15, 0.2) is 0 Å². The lowest BCUT2D eigenvalue weighted by atomic mass is 9.84. The highest BCUT2D eigenvalue weighted by atomic mass is 19.1. The summed E-state index contributed by atoms with van der Waals surface area (Å²) in [6, 6.07) is 4.53. The molecule has 0 saturated carbocycles. The van der Waals surface area contributed by atoms with Gasteiger partial charge in [0.1, 0.15) is 17.7 Å². The lowest BCUT2D eigenvalue weighted by molar-refractivity contribution is 0.0935. The average Bonchev–Trinajstić information content (AvgIpc) is 2.40. The summed E-state index contributed by atoms with van der Waals surface area (Å²) in [5.41, 5.74) is 6.95. The molecule has 3 heteroatoms. The number of ether oxygens (including phenoxy) is 1. The van der Waals surface area contributed by atoms with Crippen molar-refractivity contribution in [1.29, 1.82) is 0 Å². The predicted octanol–water partition coefficient (Wildman–Crippen LogP) is 3.33. The van der Waals surface area contributed by atoms with E-state index < -0.39 is 0 Å². The van der Waals surface area contributed by atoms with E-state index in [0.29, 0.717) is 5.92 Å². The van der Waals surface area contributed by atoms with Gasteiger partial charge in [0.25, 0.3) is 0 Å². The predicted molar refractivity (Wildman–Crippen MR) is 68.8 cm³/mol. The van der Waals surface area contributed by atoms with Crippen LogP contribution in [-0.4, -0.2) is 6.10 Å². The van der Waals surface area contributed by atoms with E-state index in [9.17, 15) is 4.39 Å². The van der Waals surface area contributed by atoms with Crippen molar-refractivity contribution in [1.82, 2.24) is 0 Å². The highest BCUT2D eigenvalue weighted by Gasteiger charge is 2.31. The van der Waals surface area contributed by atoms with Gasteiger partial charge in [-0.15, -0.1) is 0 Å². The minimum atomic E-state index is -0.244. The van der Waals surface area contributed by atoms with Crippen LogP contribution in [-0.2, 0) is 0 Å². The second-order valence-electron chi connectivity index (χ2n) is 5.23. The standard InChI is InChI=1S/C15H18FNO/c16-11-6-7-14-12(8-11)13(17)9-15(18-14)10-4-2-1-3-5-10/h1-2,6-8,10,13,15H,3-5,9,17H2/t10?,13-,15?/m1/s1. The monoisotopic (exact) mass is 247 g/mol. The molecule has 1 heterocycles. The molecule has 0 aromatic heterocycles. The fraction of sp³-hybridized carbons (Fsp3) is 0.467. The number of benzene rings is 1. The van der Waals surface area contributed by atoms with Crippen molar-refractivity contribution < 1.29 is 9.13 Å². The largest absolute Gasteiger partial charge is 0.490 e. The molecule has 3 rings (SSSR count). The Kier molecular flexibility index (Phi) is 3.08. The van der Waals surface area contributed by atoms with E-state index >= 15 is 0 Å². The van der Waals surface area contributed by atoms with Crippen LogP contribution in [0.1, 0.15) is 37.3 Å². The molecule has 2 nitrogen and oxygen atoms in total. The zero-order valence-corrected chi connectivity index (χ0v) is 10.3. The van der Waals surface area contributed by atoms with Crippen LogP contribution in [0.5, 0.6) is 5.75 Å². The molecular formula is C15H18FNO. The summed E-state index contributed by atoms with van der Waals surface area (Å²) in [7, 11) is 0. The van der Waals surface area contributed by atoms with E-state index in [1.165, 1.54) is 12.1 Å². The third-order valence-corrected chi connectivity index (χ3v) is 3.97. The van der Waals surface area contributed by atoms with Gasteiger partial charge in [0.2, 0.25) is 0 Å². The molecule has 0 amide bonds. The van der Waals surface area contributed by atoms with Crippen LogP contribution in [0.15, 0.2) is 30.4 Å². The van der Waals surface area contributed by atoms with Gasteiger partial charge in [-0.05, 0) is 43.4 Å². The summed E-state index contributed by atoms with van der Waals surface area (Å²) in [5, 5.41) is 0. The van der Waals surface area contributed by atoms with Gasteiger partial charge < -0.3 is 10.5 Å². The fourth-order valence-corrected chi connectivity index (χ4v) is 2.95. The number of allylic oxidation sites excluding steroid dienone is 2. The molecule has 1 aromatic carbocycles. The van der Waals surface area contributed by atoms with E-state index in [0.717, 1.165) is 37.0 Å². The number of hydrogen-bond donors (Lipinski definition) is 1. The van der Waals surface area contributed by atoms with Crippen LogP contribution >= 0.6 is 0 Å². The van der Waals surface area contributed by atoms with Gasteiger partial charge in [0.05, 0.1) is 0 Å². The number of halogens is 1. The zero-order valence-electron chi connectivity index (χ0n) is 10.3. The van der Waals surface area contributed by atoms with E-state index in [2.05, 4.69) is 12.2 Å². The average molecular weight is 247 g/mol. The lowest BCUT2D eigenvalue weighted by Gasteiger charge is -2.35. The van der Waals surface area contributed by atoms with Crippen LogP contribution in [0.3, 0.4) is 0 Å². The summed E-state index contributed by atoms with van der Waals surface area (Å²) in [6.07, 6.45) is 8.75. The van der Waals surface area contributed by atoms with Crippen LogP contribution < -0.4 is 10.5 Å². The van der Waals surface area contributed by atoms with E-state index in [4.69, 9.17) is 10.5 Å². The number of fused-ring (bicyclic) bond motifs is 1. The molecule has 1 aliphatic heterocycles. The van der Waals surface area contributed by atoms with E-state index in [-0.39, 0.29) is 18.0 Å². The Labute approximate surface area is 107 Å². The maximum atomic E-state index is 13.2. The van der Waals surface area contributed by atoms with Crippen LogP contribution in [0.2, 0.25) is 0 Å². The molecule has 0 bridgehead atoms. The molecule has 18 heavy (non-hydrogen) atoms. The van der Waals surface area contributed by atoms with Crippen molar-refractivity contribution in [2.24, 2.45) is 11.7 Å². The molecule has 0 fully saturated rings. The molecule has 0 radical (unpaired) electrons. The first-order chi connectivity index (χ1) is 8.74. The van der Waals surface area contributed by atoms with Gasteiger partial charge in [0, 0.05) is 18.0 Å². The number of rotatable bonds is 1. The van der Waals surface area contributed by atoms with Crippen molar-refractivity contribution in [2.75, 3.05) is 0 Å². The van der Waals surface area contributed by atoms with Gasteiger partial charge in [-0.3, -0.25) is 0 Å². The maximum absolute atomic E-state index is 13.2. The van der Waals surface area contributed by atoms with Crippen LogP contribution in [0.25, 0.3) is 0 Å². The van der Waals surface area contributed by atoms with Crippen LogP contribution in [0, 0.1) is 11.7 Å². The highest BCUT2D eigenvalue weighted by molar-refractivity contribution is 5.38. The Morgan fingerprint density at radius 2 is 2.17 bits per heavy atom. The molecule has 2 N–H and O–H groups in total. The molecule has 0 saturated heterocycles.